The Kier molecular flexibility index (Phi) is 4.70. The standard InChI is InChI=1S/C14H12ClFN2O3/c1-9-2-5-14(12(7-15)17-9)21-8-10-6-11(16)3-4-13(10)18(19)20/h2-6H,7-8H2,1H3. The molecule has 0 amide bonds. The molecule has 0 saturated carbocycles. The van der Waals surface area contributed by atoms with Crippen molar-refractivity contribution < 1.29 is 14.1 Å². The van der Waals surface area contributed by atoms with Gasteiger partial charge in [-0.1, -0.05) is 0 Å². The minimum atomic E-state index is -0.575. The van der Waals surface area contributed by atoms with Crippen molar-refractivity contribution in [2.45, 2.75) is 19.4 Å². The Morgan fingerprint density at radius 2 is 2.14 bits per heavy atom. The first-order chi connectivity index (χ1) is 10.0. The van der Waals surface area contributed by atoms with Gasteiger partial charge in [0.2, 0.25) is 0 Å². The van der Waals surface area contributed by atoms with E-state index in [1.807, 2.05) is 6.92 Å². The lowest BCUT2D eigenvalue weighted by Gasteiger charge is -2.10. The van der Waals surface area contributed by atoms with Gasteiger partial charge in [-0.15, -0.1) is 11.6 Å². The van der Waals surface area contributed by atoms with Gasteiger partial charge in [-0.25, -0.2) is 4.39 Å². The summed E-state index contributed by atoms with van der Waals surface area (Å²) in [6, 6.07) is 6.67. The highest BCUT2D eigenvalue weighted by Crippen LogP contribution is 2.24. The van der Waals surface area contributed by atoms with Crippen LogP contribution in [0.1, 0.15) is 17.0 Å². The molecule has 2 rings (SSSR count). The zero-order chi connectivity index (χ0) is 15.4. The van der Waals surface area contributed by atoms with Gasteiger partial charge < -0.3 is 4.74 Å². The first-order valence-corrected chi connectivity index (χ1v) is 6.63. The Balaban J connectivity index is 2.24. The van der Waals surface area contributed by atoms with Crippen LogP contribution in [-0.2, 0) is 12.5 Å². The number of pyridine rings is 1. The molecule has 1 heterocycles. The lowest BCUT2D eigenvalue weighted by molar-refractivity contribution is -0.385. The molecule has 1 aromatic carbocycles. The van der Waals surface area contributed by atoms with Crippen molar-refractivity contribution >= 4 is 17.3 Å². The second kappa shape index (κ2) is 6.49. The molecule has 0 aliphatic heterocycles. The number of nitrogens with zero attached hydrogens (tertiary/aromatic N) is 2. The molecule has 0 aliphatic carbocycles. The van der Waals surface area contributed by atoms with Crippen LogP contribution in [0.4, 0.5) is 10.1 Å². The number of alkyl halides is 1. The zero-order valence-corrected chi connectivity index (χ0v) is 11.9. The number of hydrogen-bond donors (Lipinski definition) is 0. The molecule has 21 heavy (non-hydrogen) atoms. The molecule has 0 fully saturated rings. The van der Waals surface area contributed by atoms with Gasteiger partial charge in [0.1, 0.15) is 18.2 Å². The number of rotatable bonds is 5. The zero-order valence-electron chi connectivity index (χ0n) is 11.2. The van der Waals surface area contributed by atoms with Crippen molar-refractivity contribution in [2.75, 3.05) is 0 Å². The van der Waals surface area contributed by atoms with E-state index in [2.05, 4.69) is 4.98 Å². The third-order valence-electron chi connectivity index (χ3n) is 2.82. The van der Waals surface area contributed by atoms with Crippen molar-refractivity contribution in [2.24, 2.45) is 0 Å². The molecule has 0 bridgehead atoms. The van der Waals surface area contributed by atoms with Crippen LogP contribution in [0.15, 0.2) is 30.3 Å². The van der Waals surface area contributed by atoms with E-state index in [1.165, 1.54) is 0 Å². The predicted molar refractivity (Wildman–Crippen MR) is 75.9 cm³/mol. The minimum absolute atomic E-state index is 0.136. The molecule has 5 nitrogen and oxygen atoms in total. The van der Waals surface area contributed by atoms with Crippen LogP contribution >= 0.6 is 11.6 Å². The summed E-state index contributed by atoms with van der Waals surface area (Å²) in [6.07, 6.45) is 0. The highest BCUT2D eigenvalue weighted by molar-refractivity contribution is 6.17. The van der Waals surface area contributed by atoms with Crippen LogP contribution in [0.5, 0.6) is 5.75 Å². The fraction of sp³-hybridized carbons (Fsp3) is 0.214. The summed E-state index contributed by atoms with van der Waals surface area (Å²) in [4.78, 5) is 14.5. The summed E-state index contributed by atoms with van der Waals surface area (Å²) in [5.74, 6) is 0.0235. The van der Waals surface area contributed by atoms with E-state index < -0.39 is 10.7 Å². The van der Waals surface area contributed by atoms with Crippen molar-refractivity contribution in [3.8, 4) is 5.75 Å². The lowest BCUT2D eigenvalue weighted by atomic mass is 10.2. The maximum Gasteiger partial charge on any atom is 0.276 e. The molecule has 110 valence electrons. The molecule has 0 radical (unpaired) electrons. The highest BCUT2D eigenvalue weighted by Gasteiger charge is 2.15. The Bertz CT molecular complexity index is 679. The summed E-state index contributed by atoms with van der Waals surface area (Å²) >= 11 is 5.78. The van der Waals surface area contributed by atoms with Crippen LogP contribution in [0.25, 0.3) is 0 Å². The van der Waals surface area contributed by atoms with Crippen LogP contribution < -0.4 is 4.74 Å². The molecule has 0 atom stereocenters. The fourth-order valence-electron chi connectivity index (χ4n) is 1.83. The third kappa shape index (κ3) is 3.66. The number of nitro groups is 1. The van der Waals surface area contributed by atoms with Gasteiger partial charge in [0.15, 0.2) is 0 Å². The van der Waals surface area contributed by atoms with Crippen molar-refractivity contribution in [1.82, 2.24) is 4.98 Å². The van der Waals surface area contributed by atoms with E-state index in [9.17, 15) is 14.5 Å². The Morgan fingerprint density at radius 1 is 1.38 bits per heavy atom. The normalized spacial score (nSPS) is 10.4. The van der Waals surface area contributed by atoms with Gasteiger partial charge in [0.25, 0.3) is 5.69 Å². The van der Waals surface area contributed by atoms with Gasteiger partial charge in [-0.3, -0.25) is 15.1 Å². The van der Waals surface area contributed by atoms with E-state index in [-0.39, 0.29) is 23.7 Å². The number of nitro benzene ring substituents is 1. The Hall–Kier alpha value is -2.21. The highest BCUT2D eigenvalue weighted by atomic mass is 35.5. The maximum atomic E-state index is 13.2. The fourth-order valence-corrected chi connectivity index (χ4v) is 2.02. The average Bonchev–Trinajstić information content (AvgIpc) is 2.45. The summed E-state index contributed by atoms with van der Waals surface area (Å²) in [6.45, 7) is 1.68. The van der Waals surface area contributed by atoms with Gasteiger partial charge in [0, 0.05) is 11.8 Å². The molecule has 0 N–H and O–H groups in total. The second-order valence-corrected chi connectivity index (χ2v) is 4.62. The molecular formula is C14H12ClFN2O3. The lowest BCUT2D eigenvalue weighted by Crippen LogP contribution is -2.03. The summed E-state index contributed by atoms with van der Waals surface area (Å²) in [7, 11) is 0. The van der Waals surface area contributed by atoms with Gasteiger partial charge in [-0.05, 0) is 31.2 Å². The van der Waals surface area contributed by atoms with E-state index in [1.54, 1.807) is 12.1 Å². The maximum absolute atomic E-state index is 13.2. The number of ether oxygens (including phenoxy) is 1. The van der Waals surface area contributed by atoms with Crippen LogP contribution in [0, 0.1) is 22.9 Å². The number of aromatic nitrogens is 1. The predicted octanol–water partition coefficient (Wildman–Crippen LogP) is 3.76. The van der Waals surface area contributed by atoms with Gasteiger partial charge in [0.05, 0.1) is 22.1 Å². The smallest absolute Gasteiger partial charge is 0.276 e. The van der Waals surface area contributed by atoms with Crippen LogP contribution in [-0.4, -0.2) is 9.91 Å². The summed E-state index contributed by atoms with van der Waals surface area (Å²) < 4.78 is 18.7. The SMILES string of the molecule is Cc1ccc(OCc2cc(F)ccc2[N+](=O)[O-])c(CCl)n1. The Morgan fingerprint density at radius 3 is 2.81 bits per heavy atom. The van der Waals surface area contributed by atoms with Crippen molar-refractivity contribution in [3.05, 3.63) is 63.2 Å². The topological polar surface area (TPSA) is 65.3 Å². The van der Waals surface area contributed by atoms with E-state index in [4.69, 9.17) is 16.3 Å². The number of halogens is 2. The van der Waals surface area contributed by atoms with E-state index in [0.717, 1.165) is 23.9 Å². The van der Waals surface area contributed by atoms with Crippen molar-refractivity contribution in [3.63, 3.8) is 0 Å². The molecule has 2 aromatic rings. The monoisotopic (exact) mass is 310 g/mol. The first-order valence-electron chi connectivity index (χ1n) is 6.09. The molecule has 0 spiro atoms. The van der Waals surface area contributed by atoms with Gasteiger partial charge >= 0.3 is 0 Å². The van der Waals surface area contributed by atoms with Crippen LogP contribution in [0.2, 0.25) is 0 Å². The van der Waals surface area contributed by atoms with Crippen LogP contribution in [0.3, 0.4) is 0 Å². The minimum Gasteiger partial charge on any atom is -0.487 e. The number of benzene rings is 1. The Labute approximate surface area is 125 Å². The summed E-state index contributed by atoms with van der Waals surface area (Å²) in [5, 5.41) is 10.9. The largest absolute Gasteiger partial charge is 0.487 e. The first kappa shape index (κ1) is 15.2. The molecule has 0 unspecified atom stereocenters. The molecule has 7 heteroatoms. The van der Waals surface area contributed by atoms with Crippen molar-refractivity contribution in [1.29, 1.82) is 0 Å². The molecule has 1 aromatic heterocycles. The molecule has 0 aliphatic rings. The number of hydrogen-bond acceptors (Lipinski definition) is 4. The summed E-state index contributed by atoms with van der Waals surface area (Å²) in [5.41, 5.74) is 1.29. The average molecular weight is 311 g/mol. The molecule has 0 saturated heterocycles. The number of aryl methyl sites for hydroxylation is 1. The van der Waals surface area contributed by atoms with E-state index >= 15 is 0 Å². The van der Waals surface area contributed by atoms with Gasteiger partial charge in [-0.2, -0.15) is 0 Å². The third-order valence-corrected chi connectivity index (χ3v) is 3.07. The molecular weight excluding hydrogens is 299 g/mol. The second-order valence-electron chi connectivity index (χ2n) is 4.35. The van der Waals surface area contributed by atoms with E-state index in [0.29, 0.717) is 11.4 Å². The quantitative estimate of drug-likeness (QED) is 0.479.